The van der Waals surface area contributed by atoms with Crippen molar-refractivity contribution in [2.75, 3.05) is 34.0 Å². The minimum atomic E-state index is 0.497. The molecule has 1 aromatic rings. The molecule has 0 aromatic carbocycles. The first kappa shape index (κ1) is 13.6. The highest BCUT2D eigenvalue weighted by Crippen LogP contribution is 2.10. The molecule has 0 saturated heterocycles. The summed E-state index contributed by atoms with van der Waals surface area (Å²) in [5, 5.41) is 7.65. The smallest absolute Gasteiger partial charge is 0.0700 e. The molecule has 0 amide bonds. The zero-order valence-corrected chi connectivity index (χ0v) is 10.9. The van der Waals surface area contributed by atoms with Gasteiger partial charge in [0, 0.05) is 19.8 Å². The maximum atomic E-state index is 5.46. The van der Waals surface area contributed by atoms with Crippen LogP contribution in [0.1, 0.15) is 12.0 Å². The average Bonchev–Trinajstić information content (AvgIpc) is 2.80. The fraction of sp³-hybridized carbons (Fsp3) is 0.667. The van der Waals surface area contributed by atoms with Crippen LogP contribution in [0.15, 0.2) is 16.8 Å². The zero-order valence-electron chi connectivity index (χ0n) is 10.1. The van der Waals surface area contributed by atoms with E-state index in [1.807, 2.05) is 7.05 Å². The summed E-state index contributed by atoms with van der Waals surface area (Å²) in [6, 6.07) is 2.68. The average molecular weight is 243 g/mol. The first-order valence-electron chi connectivity index (χ1n) is 5.62. The Morgan fingerprint density at radius 2 is 2.25 bits per heavy atom. The van der Waals surface area contributed by atoms with Crippen LogP contribution in [0.3, 0.4) is 0 Å². The van der Waals surface area contributed by atoms with Gasteiger partial charge in [0.2, 0.25) is 0 Å². The van der Waals surface area contributed by atoms with Gasteiger partial charge in [-0.3, -0.25) is 0 Å². The molecule has 0 aliphatic heterocycles. The summed E-state index contributed by atoms with van der Waals surface area (Å²) in [4.78, 5) is 0. The van der Waals surface area contributed by atoms with E-state index in [1.54, 1.807) is 18.4 Å². The Bertz CT molecular complexity index is 252. The van der Waals surface area contributed by atoms with Gasteiger partial charge in [0.1, 0.15) is 0 Å². The summed E-state index contributed by atoms with van der Waals surface area (Å²) in [7, 11) is 3.70. The Morgan fingerprint density at radius 3 is 2.88 bits per heavy atom. The van der Waals surface area contributed by atoms with Crippen LogP contribution < -0.4 is 5.32 Å². The van der Waals surface area contributed by atoms with Crippen LogP contribution in [-0.4, -0.2) is 40.0 Å². The number of ether oxygens (including phenoxy) is 2. The number of thiophene rings is 1. The molecule has 3 nitrogen and oxygen atoms in total. The van der Waals surface area contributed by atoms with Crippen LogP contribution in [0.2, 0.25) is 0 Å². The Labute approximate surface area is 102 Å². The summed E-state index contributed by atoms with van der Waals surface area (Å²) in [6.45, 7) is 2.15. The van der Waals surface area contributed by atoms with Crippen LogP contribution in [0, 0.1) is 0 Å². The molecular weight excluding hydrogens is 222 g/mol. The van der Waals surface area contributed by atoms with Gasteiger partial charge in [0.25, 0.3) is 0 Å². The van der Waals surface area contributed by atoms with Gasteiger partial charge in [-0.2, -0.15) is 11.3 Å². The van der Waals surface area contributed by atoms with E-state index in [1.165, 1.54) is 5.56 Å². The first-order valence-corrected chi connectivity index (χ1v) is 6.56. The lowest BCUT2D eigenvalue weighted by molar-refractivity contribution is 0.0661. The standard InChI is InChI=1S/C12H21NO2S/c1-13-12(3-5-15-7-6-14-2)9-11-4-8-16-10-11/h4,8,10,12-13H,3,5-7,9H2,1-2H3. The van der Waals surface area contributed by atoms with Gasteiger partial charge in [0.05, 0.1) is 13.2 Å². The molecule has 0 bridgehead atoms. The lowest BCUT2D eigenvalue weighted by atomic mass is 10.1. The Balaban J connectivity index is 2.12. The van der Waals surface area contributed by atoms with E-state index in [0.29, 0.717) is 19.3 Å². The zero-order chi connectivity index (χ0) is 11.6. The number of likely N-dealkylation sites (N-methyl/N-ethyl adjacent to an activating group) is 1. The molecule has 1 rings (SSSR count). The quantitative estimate of drug-likeness (QED) is 0.672. The second-order valence-corrected chi connectivity index (χ2v) is 4.50. The Morgan fingerprint density at radius 1 is 1.38 bits per heavy atom. The van der Waals surface area contributed by atoms with Crippen LogP contribution >= 0.6 is 11.3 Å². The summed E-state index contributed by atoms with van der Waals surface area (Å²) >= 11 is 1.75. The lowest BCUT2D eigenvalue weighted by Crippen LogP contribution is -2.29. The van der Waals surface area contributed by atoms with Gasteiger partial charge in [-0.1, -0.05) is 0 Å². The molecule has 0 saturated carbocycles. The SMILES string of the molecule is CNC(CCOCCOC)Cc1ccsc1. The van der Waals surface area contributed by atoms with Gasteiger partial charge in [-0.15, -0.1) is 0 Å². The summed E-state index contributed by atoms with van der Waals surface area (Å²) in [5.74, 6) is 0. The molecule has 1 aromatic heterocycles. The molecule has 0 radical (unpaired) electrons. The molecule has 1 atom stereocenters. The van der Waals surface area contributed by atoms with Crippen molar-refractivity contribution in [1.82, 2.24) is 5.32 Å². The molecule has 92 valence electrons. The topological polar surface area (TPSA) is 30.5 Å². The van der Waals surface area contributed by atoms with Crippen molar-refractivity contribution in [3.05, 3.63) is 22.4 Å². The number of hydrogen-bond donors (Lipinski definition) is 1. The lowest BCUT2D eigenvalue weighted by Gasteiger charge is -2.15. The second kappa shape index (κ2) is 8.70. The highest BCUT2D eigenvalue weighted by Gasteiger charge is 2.07. The Hall–Kier alpha value is -0.420. The minimum absolute atomic E-state index is 0.497. The third-order valence-corrected chi connectivity index (χ3v) is 3.24. The maximum Gasteiger partial charge on any atom is 0.0700 e. The van der Waals surface area contributed by atoms with E-state index in [0.717, 1.165) is 19.4 Å². The summed E-state index contributed by atoms with van der Waals surface area (Å²) in [5.41, 5.74) is 1.40. The van der Waals surface area contributed by atoms with E-state index in [9.17, 15) is 0 Å². The largest absolute Gasteiger partial charge is 0.382 e. The van der Waals surface area contributed by atoms with E-state index < -0.39 is 0 Å². The molecule has 16 heavy (non-hydrogen) atoms. The number of hydrogen-bond acceptors (Lipinski definition) is 4. The van der Waals surface area contributed by atoms with E-state index >= 15 is 0 Å². The van der Waals surface area contributed by atoms with Crippen molar-refractivity contribution in [2.24, 2.45) is 0 Å². The number of nitrogens with one attached hydrogen (secondary N) is 1. The van der Waals surface area contributed by atoms with Gasteiger partial charge in [-0.25, -0.2) is 0 Å². The summed E-state index contributed by atoms with van der Waals surface area (Å²) < 4.78 is 10.4. The molecule has 1 unspecified atom stereocenters. The van der Waals surface area contributed by atoms with E-state index in [2.05, 4.69) is 22.1 Å². The summed E-state index contributed by atoms with van der Waals surface area (Å²) in [6.07, 6.45) is 2.11. The minimum Gasteiger partial charge on any atom is -0.382 e. The first-order chi connectivity index (χ1) is 7.86. The van der Waals surface area contributed by atoms with Crippen molar-refractivity contribution in [2.45, 2.75) is 18.9 Å². The molecule has 1 heterocycles. The predicted octanol–water partition coefficient (Wildman–Crippen LogP) is 1.93. The van der Waals surface area contributed by atoms with Crippen molar-refractivity contribution >= 4 is 11.3 Å². The molecular formula is C12H21NO2S. The fourth-order valence-electron chi connectivity index (χ4n) is 1.51. The molecule has 0 spiro atoms. The predicted molar refractivity (Wildman–Crippen MR) is 68.2 cm³/mol. The highest BCUT2D eigenvalue weighted by molar-refractivity contribution is 7.07. The molecule has 0 aliphatic rings. The molecule has 0 fully saturated rings. The number of rotatable bonds is 9. The third-order valence-electron chi connectivity index (χ3n) is 2.51. The van der Waals surface area contributed by atoms with E-state index in [4.69, 9.17) is 9.47 Å². The Kier molecular flexibility index (Phi) is 7.42. The molecule has 4 heteroatoms. The van der Waals surface area contributed by atoms with Crippen LogP contribution in [0.4, 0.5) is 0 Å². The van der Waals surface area contributed by atoms with Gasteiger partial charge in [-0.05, 0) is 42.3 Å². The number of methoxy groups -OCH3 is 1. The maximum absolute atomic E-state index is 5.46. The monoisotopic (exact) mass is 243 g/mol. The van der Waals surface area contributed by atoms with Crippen LogP contribution in [-0.2, 0) is 15.9 Å². The fourth-order valence-corrected chi connectivity index (χ4v) is 2.19. The third kappa shape index (κ3) is 5.61. The van der Waals surface area contributed by atoms with Gasteiger partial charge in [0.15, 0.2) is 0 Å². The van der Waals surface area contributed by atoms with Gasteiger partial charge >= 0.3 is 0 Å². The van der Waals surface area contributed by atoms with Crippen molar-refractivity contribution in [3.63, 3.8) is 0 Å². The normalized spacial score (nSPS) is 12.9. The van der Waals surface area contributed by atoms with Crippen LogP contribution in [0.5, 0.6) is 0 Å². The van der Waals surface area contributed by atoms with Gasteiger partial charge < -0.3 is 14.8 Å². The van der Waals surface area contributed by atoms with Crippen LogP contribution in [0.25, 0.3) is 0 Å². The van der Waals surface area contributed by atoms with Crippen molar-refractivity contribution in [3.8, 4) is 0 Å². The van der Waals surface area contributed by atoms with Crippen molar-refractivity contribution < 1.29 is 9.47 Å². The molecule has 1 N–H and O–H groups in total. The van der Waals surface area contributed by atoms with E-state index in [-0.39, 0.29) is 0 Å². The second-order valence-electron chi connectivity index (χ2n) is 3.72. The van der Waals surface area contributed by atoms with Crippen molar-refractivity contribution in [1.29, 1.82) is 0 Å². The molecule has 0 aliphatic carbocycles. The highest BCUT2D eigenvalue weighted by atomic mass is 32.1.